The largest absolute Gasteiger partial charge is 0.373 e. The van der Waals surface area contributed by atoms with Gasteiger partial charge in [0.1, 0.15) is 6.10 Å². The highest BCUT2D eigenvalue weighted by Gasteiger charge is 2.24. The first-order valence-electron chi connectivity index (χ1n) is 5.37. The maximum atomic E-state index is 9.40. The highest BCUT2D eigenvalue weighted by molar-refractivity contribution is 4.69. The zero-order valence-corrected chi connectivity index (χ0v) is 8.35. The van der Waals surface area contributed by atoms with Crippen LogP contribution < -0.4 is 0 Å². The van der Waals surface area contributed by atoms with Crippen LogP contribution in [0.15, 0.2) is 0 Å². The molecule has 2 aliphatic heterocycles. The average molecular weight is 202 g/mol. The van der Waals surface area contributed by atoms with Gasteiger partial charge < -0.3 is 19.3 Å². The molecule has 3 unspecified atom stereocenters. The van der Waals surface area contributed by atoms with Crippen LogP contribution >= 0.6 is 0 Å². The van der Waals surface area contributed by atoms with Gasteiger partial charge in [0.05, 0.1) is 25.9 Å². The molecule has 14 heavy (non-hydrogen) atoms. The van der Waals surface area contributed by atoms with E-state index in [9.17, 15) is 5.11 Å². The number of hydrogen-bond donors (Lipinski definition) is 1. The molecule has 0 spiro atoms. The summed E-state index contributed by atoms with van der Waals surface area (Å²) >= 11 is 0. The lowest BCUT2D eigenvalue weighted by molar-refractivity contribution is -0.107. The Labute approximate surface area is 84.1 Å². The molecule has 1 N–H and O–H groups in total. The quantitative estimate of drug-likeness (QED) is 0.357. The second kappa shape index (κ2) is 5.07. The number of hydrogen-bond acceptors (Lipinski definition) is 4. The Morgan fingerprint density at radius 3 is 2.57 bits per heavy atom. The third kappa shape index (κ3) is 4.37. The average Bonchev–Trinajstić information content (AvgIpc) is 3.02. The Hall–Kier alpha value is -0.160. The van der Waals surface area contributed by atoms with Crippen LogP contribution in [0.25, 0.3) is 0 Å². The van der Waals surface area contributed by atoms with Gasteiger partial charge in [0.2, 0.25) is 0 Å². The molecule has 0 bridgehead atoms. The highest BCUT2D eigenvalue weighted by atomic mass is 16.6. The summed E-state index contributed by atoms with van der Waals surface area (Å²) in [7, 11) is 0. The van der Waals surface area contributed by atoms with Crippen LogP contribution in [0.5, 0.6) is 0 Å². The molecule has 0 aromatic carbocycles. The fourth-order valence-electron chi connectivity index (χ4n) is 1.39. The lowest BCUT2D eigenvalue weighted by Gasteiger charge is -2.10. The normalized spacial score (nSPS) is 31.5. The standard InChI is InChI=1S/C10H18O4/c11-10(14-7-9-6-13-9)4-2-1-3-8-5-12-8/h8-11H,1-7H2. The molecule has 82 valence electrons. The van der Waals surface area contributed by atoms with Gasteiger partial charge in [-0.15, -0.1) is 0 Å². The molecular formula is C10H18O4. The maximum Gasteiger partial charge on any atom is 0.154 e. The summed E-state index contributed by atoms with van der Waals surface area (Å²) in [5.41, 5.74) is 0. The van der Waals surface area contributed by atoms with Crippen molar-refractivity contribution in [2.24, 2.45) is 0 Å². The van der Waals surface area contributed by atoms with E-state index < -0.39 is 6.29 Å². The van der Waals surface area contributed by atoms with Crippen molar-refractivity contribution < 1.29 is 19.3 Å². The molecule has 0 aromatic rings. The van der Waals surface area contributed by atoms with E-state index in [-0.39, 0.29) is 6.10 Å². The summed E-state index contributed by atoms with van der Waals surface area (Å²) < 4.78 is 15.3. The van der Waals surface area contributed by atoms with Crippen molar-refractivity contribution in [1.82, 2.24) is 0 Å². The Morgan fingerprint density at radius 1 is 1.21 bits per heavy atom. The van der Waals surface area contributed by atoms with Crippen LogP contribution in [0, 0.1) is 0 Å². The number of aliphatic hydroxyl groups excluding tert-OH is 1. The minimum absolute atomic E-state index is 0.240. The molecule has 0 saturated carbocycles. The van der Waals surface area contributed by atoms with Crippen LogP contribution in [0.4, 0.5) is 0 Å². The van der Waals surface area contributed by atoms with Gasteiger partial charge in [0.15, 0.2) is 6.29 Å². The third-order valence-corrected chi connectivity index (χ3v) is 2.51. The van der Waals surface area contributed by atoms with Gasteiger partial charge in [-0.1, -0.05) is 6.42 Å². The van der Waals surface area contributed by atoms with E-state index in [1.807, 2.05) is 0 Å². The molecule has 0 aromatic heterocycles. The summed E-state index contributed by atoms with van der Waals surface area (Å²) in [6, 6.07) is 0. The maximum absolute atomic E-state index is 9.40. The Morgan fingerprint density at radius 2 is 1.93 bits per heavy atom. The Balaban J connectivity index is 1.38. The molecule has 4 nitrogen and oxygen atoms in total. The lowest BCUT2D eigenvalue weighted by Crippen LogP contribution is -2.15. The summed E-state index contributed by atoms with van der Waals surface area (Å²) in [4.78, 5) is 0. The van der Waals surface area contributed by atoms with Crippen LogP contribution in [-0.2, 0) is 14.2 Å². The van der Waals surface area contributed by atoms with Gasteiger partial charge in [-0.05, 0) is 19.3 Å². The Kier molecular flexibility index (Phi) is 3.75. The lowest BCUT2D eigenvalue weighted by atomic mass is 10.1. The number of ether oxygens (including phenoxy) is 3. The van der Waals surface area contributed by atoms with Crippen molar-refractivity contribution in [2.75, 3.05) is 19.8 Å². The van der Waals surface area contributed by atoms with Crippen LogP contribution in [-0.4, -0.2) is 43.4 Å². The SMILES string of the molecule is OC(CCCCC1CO1)OCC1CO1. The fourth-order valence-corrected chi connectivity index (χ4v) is 1.39. The first-order chi connectivity index (χ1) is 6.84. The van der Waals surface area contributed by atoms with E-state index in [1.54, 1.807) is 0 Å². The van der Waals surface area contributed by atoms with Crippen molar-refractivity contribution in [3.05, 3.63) is 0 Å². The number of unbranched alkanes of at least 4 members (excludes halogenated alkanes) is 1. The highest BCUT2D eigenvalue weighted by Crippen LogP contribution is 2.18. The molecular weight excluding hydrogens is 184 g/mol. The smallest absolute Gasteiger partial charge is 0.154 e. The molecule has 0 aliphatic carbocycles. The van der Waals surface area contributed by atoms with Gasteiger partial charge >= 0.3 is 0 Å². The number of aliphatic hydroxyl groups is 1. The third-order valence-electron chi connectivity index (χ3n) is 2.51. The molecule has 2 rings (SSSR count). The molecule has 0 amide bonds. The van der Waals surface area contributed by atoms with Gasteiger partial charge in [0.25, 0.3) is 0 Å². The monoisotopic (exact) mass is 202 g/mol. The molecule has 2 aliphatic rings. The van der Waals surface area contributed by atoms with Crippen molar-refractivity contribution in [3.8, 4) is 0 Å². The second-order valence-corrected chi connectivity index (χ2v) is 3.98. The van der Waals surface area contributed by atoms with E-state index in [4.69, 9.17) is 14.2 Å². The zero-order valence-electron chi connectivity index (χ0n) is 8.35. The fraction of sp³-hybridized carbons (Fsp3) is 1.00. The molecule has 2 saturated heterocycles. The first-order valence-corrected chi connectivity index (χ1v) is 5.37. The minimum Gasteiger partial charge on any atom is -0.373 e. The molecule has 4 heteroatoms. The van der Waals surface area contributed by atoms with Crippen LogP contribution in [0.2, 0.25) is 0 Å². The number of epoxide rings is 2. The first kappa shape index (κ1) is 10.4. The number of rotatable bonds is 8. The van der Waals surface area contributed by atoms with Crippen LogP contribution in [0.1, 0.15) is 25.7 Å². The van der Waals surface area contributed by atoms with Gasteiger partial charge in [-0.25, -0.2) is 0 Å². The summed E-state index contributed by atoms with van der Waals surface area (Å²) in [6.45, 7) is 2.25. The van der Waals surface area contributed by atoms with E-state index in [1.165, 1.54) is 0 Å². The minimum atomic E-state index is -0.612. The van der Waals surface area contributed by atoms with E-state index >= 15 is 0 Å². The van der Waals surface area contributed by atoms with E-state index in [0.717, 1.165) is 38.9 Å². The van der Waals surface area contributed by atoms with Crippen LogP contribution in [0.3, 0.4) is 0 Å². The van der Waals surface area contributed by atoms with Crippen molar-refractivity contribution in [3.63, 3.8) is 0 Å². The topological polar surface area (TPSA) is 54.5 Å². The summed E-state index contributed by atoms with van der Waals surface area (Å²) in [6.07, 6.45) is 4.10. The summed E-state index contributed by atoms with van der Waals surface area (Å²) in [5.74, 6) is 0. The van der Waals surface area contributed by atoms with Gasteiger partial charge in [0, 0.05) is 0 Å². The van der Waals surface area contributed by atoms with Crippen molar-refractivity contribution >= 4 is 0 Å². The van der Waals surface area contributed by atoms with Crippen molar-refractivity contribution in [1.29, 1.82) is 0 Å². The summed E-state index contributed by atoms with van der Waals surface area (Å²) in [5, 5.41) is 9.40. The molecule has 0 radical (unpaired) electrons. The van der Waals surface area contributed by atoms with Gasteiger partial charge in [-0.2, -0.15) is 0 Å². The molecule has 2 heterocycles. The molecule has 2 fully saturated rings. The predicted octanol–water partition coefficient (Wildman–Crippen LogP) is 0.679. The predicted molar refractivity (Wildman–Crippen MR) is 49.9 cm³/mol. The van der Waals surface area contributed by atoms with E-state index in [2.05, 4.69) is 0 Å². The van der Waals surface area contributed by atoms with Crippen molar-refractivity contribution in [2.45, 2.75) is 44.2 Å². The zero-order chi connectivity index (χ0) is 9.80. The van der Waals surface area contributed by atoms with E-state index in [0.29, 0.717) is 12.7 Å². The van der Waals surface area contributed by atoms with Gasteiger partial charge in [-0.3, -0.25) is 0 Å². The molecule has 3 atom stereocenters. The second-order valence-electron chi connectivity index (χ2n) is 3.98. The Bertz CT molecular complexity index is 166.